The van der Waals surface area contributed by atoms with Crippen LogP contribution in [-0.4, -0.2) is 10.5 Å². The van der Waals surface area contributed by atoms with Crippen LogP contribution in [0.15, 0.2) is 44.9 Å². The van der Waals surface area contributed by atoms with Crippen LogP contribution in [0, 0.1) is 5.41 Å². The molecule has 0 bridgehead atoms. The van der Waals surface area contributed by atoms with Crippen LogP contribution in [0.3, 0.4) is 0 Å². The van der Waals surface area contributed by atoms with Crippen LogP contribution in [0.2, 0.25) is 0 Å². The van der Waals surface area contributed by atoms with E-state index in [2.05, 4.69) is 91.1 Å². The van der Waals surface area contributed by atoms with Crippen molar-refractivity contribution in [3.8, 4) is 0 Å². The van der Waals surface area contributed by atoms with Crippen LogP contribution in [0.1, 0.15) is 60.3 Å². The van der Waals surface area contributed by atoms with Crippen molar-refractivity contribution in [3.05, 3.63) is 44.9 Å². The van der Waals surface area contributed by atoms with Gasteiger partial charge in [0.25, 0.3) is 0 Å². The summed E-state index contributed by atoms with van der Waals surface area (Å²) in [6.07, 6.45) is 14.5. The molecule has 0 saturated heterocycles. The van der Waals surface area contributed by atoms with Gasteiger partial charge in [0, 0.05) is 0 Å². The van der Waals surface area contributed by atoms with E-state index in [4.69, 9.17) is 0 Å². The smallest absolute Gasteiger partial charge is 1.00 e. The Hall–Kier alpha value is 0.604. The second-order valence-corrected chi connectivity index (χ2v) is 9.47. The van der Waals surface area contributed by atoms with E-state index in [-0.39, 0.29) is 35.0 Å². The molecule has 0 aromatic rings. The summed E-state index contributed by atoms with van der Waals surface area (Å²) in [5.74, 6) is 1.26. The molecule has 0 heterocycles. The molecule has 0 aromatic carbocycles. The minimum absolute atomic E-state index is 0. The molecule has 0 amide bonds. The zero-order chi connectivity index (χ0) is 16.4. The molecule has 0 fully saturated rings. The van der Waals surface area contributed by atoms with Gasteiger partial charge in [-0.2, -0.15) is 0 Å². The average Bonchev–Trinajstić information content (AvgIpc) is 2.88. The van der Waals surface area contributed by atoms with Crippen LogP contribution >= 0.6 is 11.8 Å². The van der Waals surface area contributed by atoms with Crippen molar-refractivity contribution >= 4 is 11.8 Å². The molecule has 133 valence electrons. The molecule has 2 aliphatic carbocycles. The Balaban J connectivity index is 0.00000264. The minimum atomic E-state index is 0. The topological polar surface area (TPSA) is 0 Å². The van der Waals surface area contributed by atoms with E-state index < -0.39 is 0 Å². The molecule has 2 rings (SSSR count). The summed E-state index contributed by atoms with van der Waals surface area (Å²) < 4.78 is 1.76. The van der Waals surface area contributed by atoms with Crippen molar-refractivity contribution in [3.63, 3.8) is 0 Å². The van der Waals surface area contributed by atoms with Gasteiger partial charge < -0.3 is 24.8 Å². The molecule has 0 radical (unpaired) electrons. The van der Waals surface area contributed by atoms with Crippen LogP contribution in [0.5, 0.6) is 0 Å². The standard InChI is InChI=1S/C20H29S.2ClH.Ti/c1-6-7-14-21-20(13-12-16(2)15-17(20)3)19(4,5)18-10-8-9-11-18;;;/h8,10,12,15H,6-7,9,13-14H2,1-5H3;2*1H;/q;;;+2/p-2. The predicted octanol–water partition coefficient (Wildman–Crippen LogP) is 0.350. The van der Waals surface area contributed by atoms with Gasteiger partial charge in [-0.25, -0.2) is 0 Å². The summed E-state index contributed by atoms with van der Waals surface area (Å²) in [7, 11) is 0. The summed E-state index contributed by atoms with van der Waals surface area (Å²) in [6.45, 7) is 11.8. The van der Waals surface area contributed by atoms with E-state index in [1.165, 1.54) is 24.2 Å². The molecule has 1 atom stereocenters. The van der Waals surface area contributed by atoms with Gasteiger partial charge >= 0.3 is 153 Å². The van der Waals surface area contributed by atoms with Crippen molar-refractivity contribution < 1.29 is 45.2 Å². The van der Waals surface area contributed by atoms with Crippen LogP contribution in [0.25, 0.3) is 0 Å². The van der Waals surface area contributed by atoms with E-state index in [1.54, 1.807) is 15.0 Å². The molecule has 24 heavy (non-hydrogen) atoms. The van der Waals surface area contributed by atoms with Crippen molar-refractivity contribution in [2.75, 3.05) is 5.75 Å². The van der Waals surface area contributed by atoms with Crippen LogP contribution in [-0.2, 0) is 20.4 Å². The summed E-state index contributed by atoms with van der Waals surface area (Å²) in [4.78, 5) is 0. The van der Waals surface area contributed by atoms with Crippen molar-refractivity contribution in [2.45, 2.75) is 65.0 Å². The number of unbranched alkanes of at least 4 members (excludes halogenated alkanes) is 1. The number of hydrogen-bond donors (Lipinski definition) is 0. The minimum Gasteiger partial charge on any atom is -1.00 e. The normalized spacial score (nSPS) is 23.5. The number of halogens is 2. The molecular formula is C20H29Cl2STi. The molecule has 0 aliphatic heterocycles. The number of hydrogen-bond acceptors (Lipinski definition) is 1. The quantitative estimate of drug-likeness (QED) is 0.442. The summed E-state index contributed by atoms with van der Waals surface area (Å²) in [5.41, 5.74) is 4.71. The number of allylic oxidation sites excluding steroid dienone is 7. The largest absolute Gasteiger partial charge is 1.00 e. The van der Waals surface area contributed by atoms with E-state index >= 15 is 0 Å². The van der Waals surface area contributed by atoms with Gasteiger partial charge in [-0.05, 0) is 0 Å². The van der Waals surface area contributed by atoms with Gasteiger partial charge in [0.15, 0.2) is 0 Å². The van der Waals surface area contributed by atoms with Gasteiger partial charge in [-0.1, -0.05) is 0 Å². The van der Waals surface area contributed by atoms with Crippen molar-refractivity contribution in [1.82, 2.24) is 0 Å². The van der Waals surface area contributed by atoms with Crippen LogP contribution < -0.4 is 24.8 Å². The second-order valence-electron chi connectivity index (χ2n) is 7.13. The van der Waals surface area contributed by atoms with Gasteiger partial charge in [0.1, 0.15) is 0 Å². The fourth-order valence-electron chi connectivity index (χ4n) is 3.78. The van der Waals surface area contributed by atoms with Crippen molar-refractivity contribution in [2.24, 2.45) is 5.41 Å². The molecule has 0 N–H and O–H groups in total. The van der Waals surface area contributed by atoms with E-state index in [1.807, 2.05) is 0 Å². The Morgan fingerprint density at radius 2 is 1.92 bits per heavy atom. The maximum atomic E-state index is 2.46. The van der Waals surface area contributed by atoms with E-state index in [0.717, 1.165) is 12.8 Å². The third-order valence-corrected chi connectivity index (χ3v) is 7.98. The Morgan fingerprint density at radius 3 is 2.42 bits per heavy atom. The first-order valence-electron chi connectivity index (χ1n) is 8.46. The summed E-state index contributed by atoms with van der Waals surface area (Å²) in [6, 6.07) is 0. The second kappa shape index (κ2) is 10.1. The first-order chi connectivity index (χ1) is 10.3. The average molecular weight is 420 g/mol. The fraction of sp³-hybridized carbons (Fsp3) is 0.600. The Kier molecular flexibility index (Phi) is 10.3. The van der Waals surface area contributed by atoms with E-state index in [9.17, 15) is 0 Å². The van der Waals surface area contributed by atoms with E-state index in [0.29, 0.717) is 0 Å². The SMILES string of the molecule is CCCCSC1(C(C)(C)C2=[C]([Ti+2])CC=C2)CC=C(C)C=C1C.[Cl-].[Cl-]. The number of thioether (sulfide) groups is 1. The molecule has 0 saturated carbocycles. The molecule has 2 aliphatic rings. The Morgan fingerprint density at radius 1 is 1.25 bits per heavy atom. The van der Waals surface area contributed by atoms with Crippen molar-refractivity contribution in [1.29, 1.82) is 0 Å². The predicted molar refractivity (Wildman–Crippen MR) is 96.8 cm³/mol. The Labute approximate surface area is 177 Å². The molecule has 0 nitrogen and oxygen atoms in total. The number of rotatable bonds is 6. The third-order valence-electron chi connectivity index (χ3n) is 5.25. The van der Waals surface area contributed by atoms with Gasteiger partial charge in [-0.15, -0.1) is 0 Å². The third kappa shape index (κ3) is 4.66. The van der Waals surface area contributed by atoms with Gasteiger partial charge in [0.05, 0.1) is 0 Å². The van der Waals surface area contributed by atoms with Gasteiger partial charge in [0.2, 0.25) is 0 Å². The van der Waals surface area contributed by atoms with Gasteiger partial charge in [-0.3, -0.25) is 0 Å². The Bertz CT molecular complexity index is 558. The fourth-order valence-corrected chi connectivity index (χ4v) is 6.33. The zero-order valence-electron chi connectivity index (χ0n) is 15.5. The van der Waals surface area contributed by atoms with Crippen LogP contribution in [0.4, 0.5) is 0 Å². The maximum absolute atomic E-state index is 2.46. The monoisotopic (exact) mass is 419 g/mol. The molecule has 1 unspecified atom stereocenters. The maximum Gasteiger partial charge on any atom is -1.00 e. The first kappa shape index (κ1) is 24.6. The summed E-state index contributed by atoms with van der Waals surface area (Å²) in [5, 5.41) is 0. The zero-order valence-corrected chi connectivity index (χ0v) is 19.4. The molecule has 0 spiro atoms. The summed E-state index contributed by atoms with van der Waals surface area (Å²) >= 11 is 4.50. The molecule has 4 heteroatoms. The molecular weight excluding hydrogens is 391 g/mol. The molecule has 0 aromatic heterocycles. The first-order valence-corrected chi connectivity index (χ1v) is 10.2.